The summed E-state index contributed by atoms with van der Waals surface area (Å²) in [4.78, 5) is 16.9. The zero-order valence-corrected chi connectivity index (χ0v) is 15.8. The van der Waals surface area contributed by atoms with Crippen molar-refractivity contribution < 1.29 is 18.7 Å². The van der Waals surface area contributed by atoms with E-state index in [2.05, 4.69) is 4.90 Å². The smallest absolute Gasteiger partial charge is 0.248 e. The maximum atomic E-state index is 13.0. The van der Waals surface area contributed by atoms with E-state index < -0.39 is 0 Å². The average Bonchev–Trinajstić information content (AvgIpc) is 2.66. The Kier molecular flexibility index (Phi) is 5.93. The van der Waals surface area contributed by atoms with Crippen molar-refractivity contribution in [3.63, 3.8) is 0 Å². The Hall–Kier alpha value is -1.66. The van der Waals surface area contributed by atoms with Crippen LogP contribution in [0.5, 0.6) is 5.75 Å². The zero-order valence-electron chi connectivity index (χ0n) is 15.8. The number of hydrogen-bond acceptors (Lipinski definition) is 4. The minimum Gasteiger partial charge on any atom is -0.491 e. The molecule has 0 N–H and O–H groups in total. The van der Waals surface area contributed by atoms with Gasteiger partial charge < -0.3 is 19.3 Å². The zero-order chi connectivity index (χ0) is 18.6. The number of carbonyl (C=O) groups is 1. The molecular formula is C21H29FN2O3. The Labute approximate surface area is 160 Å². The molecule has 0 bridgehead atoms. The third kappa shape index (κ3) is 4.79. The van der Waals surface area contributed by atoms with E-state index in [-0.39, 0.29) is 24.4 Å². The van der Waals surface area contributed by atoms with Crippen molar-refractivity contribution in [2.75, 3.05) is 39.4 Å². The van der Waals surface area contributed by atoms with E-state index in [0.717, 1.165) is 31.8 Å². The van der Waals surface area contributed by atoms with E-state index in [9.17, 15) is 9.18 Å². The molecule has 6 heteroatoms. The fraction of sp³-hybridized carbons (Fsp3) is 0.667. The van der Waals surface area contributed by atoms with Crippen molar-refractivity contribution in [1.82, 2.24) is 9.80 Å². The fourth-order valence-corrected chi connectivity index (χ4v) is 4.27. The largest absolute Gasteiger partial charge is 0.491 e. The Balaban J connectivity index is 1.25. The highest BCUT2D eigenvalue weighted by Gasteiger charge is 2.34. The van der Waals surface area contributed by atoms with Gasteiger partial charge in [-0.2, -0.15) is 0 Å². The van der Waals surface area contributed by atoms with Crippen molar-refractivity contribution in [3.8, 4) is 5.75 Å². The number of hydrogen-bond donors (Lipinski definition) is 0. The Morgan fingerprint density at radius 1 is 1.11 bits per heavy atom. The first-order chi connectivity index (χ1) is 13.2. The molecule has 0 radical (unpaired) electrons. The quantitative estimate of drug-likeness (QED) is 0.766. The monoisotopic (exact) mass is 376 g/mol. The Morgan fingerprint density at radius 2 is 1.85 bits per heavy atom. The molecule has 3 fully saturated rings. The summed E-state index contributed by atoms with van der Waals surface area (Å²) in [5.41, 5.74) is 0. The second kappa shape index (κ2) is 8.57. The first-order valence-corrected chi connectivity index (χ1v) is 10.2. The lowest BCUT2D eigenvalue weighted by Crippen LogP contribution is -2.55. The summed E-state index contributed by atoms with van der Waals surface area (Å²) in [6, 6.07) is 6.29. The summed E-state index contributed by atoms with van der Waals surface area (Å²) in [5.74, 6) is 1.33. The summed E-state index contributed by atoms with van der Waals surface area (Å²) >= 11 is 0. The lowest BCUT2D eigenvalue weighted by atomic mass is 9.84. The van der Waals surface area contributed by atoms with Crippen LogP contribution < -0.4 is 4.74 Å². The van der Waals surface area contributed by atoms with Crippen LogP contribution in [0.4, 0.5) is 4.39 Å². The first kappa shape index (κ1) is 18.7. The highest BCUT2D eigenvalue weighted by Crippen LogP contribution is 2.29. The van der Waals surface area contributed by atoms with Crippen LogP contribution in [0.1, 0.15) is 32.1 Å². The number of benzene rings is 1. The molecule has 4 rings (SSSR count). The number of rotatable bonds is 6. The van der Waals surface area contributed by atoms with E-state index in [1.165, 1.54) is 37.9 Å². The summed E-state index contributed by atoms with van der Waals surface area (Å²) in [5, 5.41) is 0. The molecule has 1 aromatic rings. The number of ether oxygens (including phenoxy) is 2. The number of carbonyl (C=O) groups excluding carboxylic acids is 1. The van der Waals surface area contributed by atoms with Crippen LogP contribution in [0.25, 0.3) is 0 Å². The van der Waals surface area contributed by atoms with Crippen molar-refractivity contribution in [2.45, 2.75) is 44.2 Å². The number of likely N-dealkylation sites (tertiary alicyclic amines) is 1. The van der Waals surface area contributed by atoms with Crippen molar-refractivity contribution >= 4 is 5.91 Å². The molecule has 3 aliphatic rings. The van der Waals surface area contributed by atoms with Crippen LogP contribution in [-0.2, 0) is 9.53 Å². The summed E-state index contributed by atoms with van der Waals surface area (Å²) in [7, 11) is 0. The van der Waals surface area contributed by atoms with Gasteiger partial charge in [-0.05, 0) is 55.9 Å². The van der Waals surface area contributed by atoms with Gasteiger partial charge in [0.05, 0.1) is 6.54 Å². The lowest BCUT2D eigenvalue weighted by molar-refractivity contribution is -0.155. The predicted molar refractivity (Wildman–Crippen MR) is 100 cm³/mol. The van der Waals surface area contributed by atoms with Crippen LogP contribution in [0, 0.1) is 11.7 Å². The number of piperidine rings is 1. The molecule has 2 saturated heterocycles. The average molecular weight is 376 g/mol. The van der Waals surface area contributed by atoms with Crippen LogP contribution in [0.2, 0.25) is 0 Å². The van der Waals surface area contributed by atoms with Crippen molar-refractivity contribution in [2.24, 2.45) is 5.92 Å². The molecular weight excluding hydrogens is 347 g/mol. The first-order valence-electron chi connectivity index (χ1n) is 10.2. The SMILES string of the molecule is O=C1COC(COc2ccc(F)cc2)CN1C1CCN(CC2CCC2)CC1. The van der Waals surface area contributed by atoms with Gasteiger partial charge in [0, 0.05) is 25.7 Å². The molecule has 148 valence electrons. The third-order valence-electron chi connectivity index (χ3n) is 6.15. The molecule has 5 nitrogen and oxygen atoms in total. The molecule has 1 aromatic carbocycles. The van der Waals surface area contributed by atoms with E-state index in [1.807, 2.05) is 4.90 Å². The van der Waals surface area contributed by atoms with Crippen LogP contribution in [-0.4, -0.2) is 67.2 Å². The molecule has 1 unspecified atom stereocenters. The van der Waals surface area contributed by atoms with Gasteiger partial charge in [0.15, 0.2) is 0 Å². The number of halogens is 1. The minimum atomic E-state index is -0.281. The summed E-state index contributed by atoms with van der Waals surface area (Å²) in [6.45, 7) is 4.48. The van der Waals surface area contributed by atoms with Crippen molar-refractivity contribution in [1.29, 1.82) is 0 Å². The number of morpholine rings is 1. The minimum absolute atomic E-state index is 0.0884. The third-order valence-corrected chi connectivity index (χ3v) is 6.15. The highest BCUT2D eigenvalue weighted by atomic mass is 19.1. The molecule has 0 spiro atoms. The van der Waals surface area contributed by atoms with Gasteiger partial charge >= 0.3 is 0 Å². The van der Waals surface area contributed by atoms with Gasteiger partial charge in [0.25, 0.3) is 0 Å². The molecule has 27 heavy (non-hydrogen) atoms. The molecule has 2 aliphatic heterocycles. The molecule has 0 aromatic heterocycles. The molecule has 1 amide bonds. The van der Waals surface area contributed by atoms with E-state index in [1.54, 1.807) is 12.1 Å². The molecule has 1 saturated carbocycles. The number of nitrogens with zero attached hydrogens (tertiary/aromatic N) is 2. The molecule has 1 atom stereocenters. The van der Waals surface area contributed by atoms with Gasteiger partial charge in [-0.3, -0.25) is 4.79 Å². The van der Waals surface area contributed by atoms with Gasteiger partial charge in [0.2, 0.25) is 5.91 Å². The second-order valence-corrected chi connectivity index (χ2v) is 8.07. The second-order valence-electron chi connectivity index (χ2n) is 8.07. The normalized spacial score (nSPS) is 25.4. The standard InChI is InChI=1S/C21H29FN2O3/c22-17-4-6-19(7-5-17)26-14-20-13-24(21(25)15-27-20)18-8-10-23(11-9-18)12-16-2-1-3-16/h4-7,16,18,20H,1-3,8-15H2. The van der Waals surface area contributed by atoms with Gasteiger partial charge in [-0.15, -0.1) is 0 Å². The van der Waals surface area contributed by atoms with Gasteiger partial charge in [0.1, 0.15) is 30.9 Å². The highest BCUT2D eigenvalue weighted by molar-refractivity contribution is 5.78. The fourth-order valence-electron chi connectivity index (χ4n) is 4.27. The van der Waals surface area contributed by atoms with Crippen LogP contribution in [0.15, 0.2) is 24.3 Å². The maximum absolute atomic E-state index is 13.0. The summed E-state index contributed by atoms with van der Waals surface area (Å²) in [6.07, 6.45) is 6.12. The van der Waals surface area contributed by atoms with E-state index >= 15 is 0 Å². The topological polar surface area (TPSA) is 42.0 Å². The molecule has 2 heterocycles. The summed E-state index contributed by atoms with van der Waals surface area (Å²) < 4.78 is 24.3. The van der Waals surface area contributed by atoms with Gasteiger partial charge in [-0.1, -0.05) is 6.42 Å². The van der Waals surface area contributed by atoms with Crippen LogP contribution in [0.3, 0.4) is 0 Å². The Morgan fingerprint density at radius 3 is 2.52 bits per heavy atom. The van der Waals surface area contributed by atoms with Gasteiger partial charge in [-0.25, -0.2) is 4.39 Å². The van der Waals surface area contributed by atoms with E-state index in [4.69, 9.17) is 9.47 Å². The number of amides is 1. The Bertz CT molecular complexity index is 627. The van der Waals surface area contributed by atoms with Crippen LogP contribution >= 0.6 is 0 Å². The lowest BCUT2D eigenvalue weighted by Gasteiger charge is -2.43. The van der Waals surface area contributed by atoms with Crippen molar-refractivity contribution in [3.05, 3.63) is 30.1 Å². The predicted octanol–water partition coefficient (Wildman–Crippen LogP) is 2.70. The van der Waals surface area contributed by atoms with E-state index in [0.29, 0.717) is 24.9 Å². The molecule has 1 aliphatic carbocycles. The maximum Gasteiger partial charge on any atom is 0.248 e.